The Bertz CT molecular complexity index is 572. The fourth-order valence-electron chi connectivity index (χ4n) is 1.92. The molecule has 1 amide bonds. The Morgan fingerprint density at radius 1 is 1.33 bits per heavy atom. The van der Waals surface area contributed by atoms with Crippen LogP contribution in [0.2, 0.25) is 0 Å². The van der Waals surface area contributed by atoms with Crippen molar-refractivity contribution < 1.29 is 13.2 Å². The molecule has 2 heterocycles. The van der Waals surface area contributed by atoms with E-state index in [0.29, 0.717) is 18.8 Å². The molecule has 0 saturated heterocycles. The van der Waals surface area contributed by atoms with Crippen LogP contribution in [-0.4, -0.2) is 34.7 Å². The average molecular weight is 271 g/mol. The van der Waals surface area contributed by atoms with Crippen LogP contribution in [0.5, 0.6) is 0 Å². The molecule has 0 fully saturated rings. The smallest absolute Gasteiger partial charge is 0.250 e. The summed E-state index contributed by atoms with van der Waals surface area (Å²) in [5, 5.41) is 4.01. The molecule has 1 aromatic heterocycles. The van der Waals surface area contributed by atoms with Gasteiger partial charge in [0, 0.05) is 23.7 Å². The van der Waals surface area contributed by atoms with Gasteiger partial charge in [0.15, 0.2) is 0 Å². The number of hydrogen-bond acceptors (Lipinski definition) is 4. The Morgan fingerprint density at radius 3 is 2.39 bits per heavy atom. The molecule has 7 heteroatoms. The van der Waals surface area contributed by atoms with Gasteiger partial charge in [-0.15, -0.1) is 0 Å². The summed E-state index contributed by atoms with van der Waals surface area (Å²) in [5.74, 6) is 0.0476. The molecule has 18 heavy (non-hydrogen) atoms. The number of carbonyl (C=O) groups is 1. The number of carbonyl (C=O) groups excluding carboxylic acids is 1. The van der Waals surface area contributed by atoms with Crippen LogP contribution in [0, 0.1) is 5.41 Å². The summed E-state index contributed by atoms with van der Waals surface area (Å²) in [5.41, 5.74) is 1.03. The van der Waals surface area contributed by atoms with Gasteiger partial charge in [-0.3, -0.25) is 4.79 Å². The van der Waals surface area contributed by atoms with E-state index in [-0.39, 0.29) is 5.91 Å². The number of aromatic nitrogens is 2. The van der Waals surface area contributed by atoms with Crippen molar-refractivity contribution >= 4 is 15.9 Å². The first-order chi connectivity index (χ1) is 8.09. The lowest BCUT2D eigenvalue weighted by atomic mass is 9.95. The topological polar surface area (TPSA) is 72.3 Å². The second kappa shape index (κ2) is 3.81. The van der Waals surface area contributed by atoms with Gasteiger partial charge in [0.25, 0.3) is 10.0 Å². The second-order valence-corrected chi connectivity index (χ2v) is 7.49. The van der Waals surface area contributed by atoms with Gasteiger partial charge < -0.3 is 4.90 Å². The van der Waals surface area contributed by atoms with E-state index in [1.807, 2.05) is 20.8 Å². The Balaban J connectivity index is 2.21. The number of hydrogen-bond donors (Lipinski definition) is 0. The first-order valence-corrected chi connectivity index (χ1v) is 7.51. The average Bonchev–Trinajstić information content (AvgIpc) is 2.69. The van der Waals surface area contributed by atoms with E-state index in [4.69, 9.17) is 0 Å². The fourth-order valence-corrected chi connectivity index (χ4v) is 2.48. The van der Waals surface area contributed by atoms with Crippen molar-refractivity contribution in [2.45, 2.75) is 33.9 Å². The molecule has 6 nitrogen and oxygen atoms in total. The third-order valence-corrected chi connectivity index (χ3v) is 3.69. The van der Waals surface area contributed by atoms with Crippen molar-refractivity contribution in [3.8, 4) is 0 Å². The molecule has 1 aromatic rings. The molecule has 0 spiro atoms. The number of rotatable bonds is 1. The molecule has 0 atom stereocenters. The Morgan fingerprint density at radius 2 is 1.94 bits per heavy atom. The van der Waals surface area contributed by atoms with Crippen LogP contribution in [0.3, 0.4) is 0 Å². The van der Waals surface area contributed by atoms with Crippen LogP contribution in [0.1, 0.15) is 32.0 Å². The molecule has 1 aliphatic rings. The molecule has 0 bridgehead atoms. The summed E-state index contributed by atoms with van der Waals surface area (Å²) in [6, 6.07) is 0. The van der Waals surface area contributed by atoms with Gasteiger partial charge in [0.1, 0.15) is 0 Å². The van der Waals surface area contributed by atoms with Crippen LogP contribution in [0.15, 0.2) is 6.20 Å². The number of nitrogens with zero attached hydrogens (tertiary/aromatic N) is 3. The third-order valence-electron chi connectivity index (χ3n) is 2.83. The second-order valence-electron chi connectivity index (χ2n) is 5.65. The first-order valence-electron chi connectivity index (χ1n) is 5.66. The summed E-state index contributed by atoms with van der Waals surface area (Å²) >= 11 is 0. The fraction of sp³-hybridized carbons (Fsp3) is 0.636. The molecule has 0 saturated carbocycles. The van der Waals surface area contributed by atoms with Crippen LogP contribution in [-0.2, 0) is 27.9 Å². The van der Waals surface area contributed by atoms with Gasteiger partial charge >= 0.3 is 0 Å². The van der Waals surface area contributed by atoms with Crippen molar-refractivity contribution in [3.63, 3.8) is 0 Å². The Hall–Kier alpha value is -1.37. The monoisotopic (exact) mass is 271 g/mol. The summed E-state index contributed by atoms with van der Waals surface area (Å²) in [6.07, 6.45) is 2.59. The lowest BCUT2D eigenvalue weighted by Gasteiger charge is -2.25. The highest BCUT2D eigenvalue weighted by atomic mass is 32.2. The van der Waals surface area contributed by atoms with E-state index in [9.17, 15) is 13.2 Å². The molecule has 0 aliphatic carbocycles. The van der Waals surface area contributed by atoms with E-state index in [1.54, 1.807) is 4.90 Å². The van der Waals surface area contributed by atoms with Crippen LogP contribution >= 0.6 is 0 Å². The van der Waals surface area contributed by atoms with Gasteiger partial charge in [-0.05, 0) is 0 Å². The minimum Gasteiger partial charge on any atom is -0.332 e. The molecule has 0 N–H and O–H groups in total. The van der Waals surface area contributed by atoms with E-state index >= 15 is 0 Å². The first kappa shape index (κ1) is 13.1. The van der Waals surface area contributed by atoms with Crippen molar-refractivity contribution in [2.24, 2.45) is 5.41 Å². The normalized spacial score (nSPS) is 15.9. The molecule has 0 radical (unpaired) electrons. The largest absolute Gasteiger partial charge is 0.332 e. The van der Waals surface area contributed by atoms with Gasteiger partial charge in [0.05, 0.1) is 18.5 Å². The maximum absolute atomic E-state index is 12.1. The number of fused-ring (bicyclic) bond motifs is 1. The summed E-state index contributed by atoms with van der Waals surface area (Å²) in [4.78, 5) is 13.8. The highest BCUT2D eigenvalue weighted by Crippen LogP contribution is 2.27. The summed E-state index contributed by atoms with van der Waals surface area (Å²) in [6.45, 7) is 6.40. The maximum atomic E-state index is 12.1. The van der Waals surface area contributed by atoms with Crippen LogP contribution in [0.25, 0.3) is 0 Å². The highest BCUT2D eigenvalue weighted by molar-refractivity contribution is 7.89. The molecule has 100 valence electrons. The van der Waals surface area contributed by atoms with E-state index in [2.05, 4.69) is 5.10 Å². The SMILES string of the molecule is CC(C)(C)C(=O)N1Cc2cn(S(C)(=O)=O)nc2C1. The lowest BCUT2D eigenvalue weighted by molar-refractivity contribution is -0.140. The van der Waals surface area contributed by atoms with Gasteiger partial charge in [-0.25, -0.2) is 8.42 Å². The molecule has 0 unspecified atom stereocenters. The van der Waals surface area contributed by atoms with E-state index in [0.717, 1.165) is 15.9 Å². The zero-order valence-corrected chi connectivity index (χ0v) is 11.8. The van der Waals surface area contributed by atoms with E-state index in [1.165, 1.54) is 6.20 Å². The maximum Gasteiger partial charge on any atom is 0.250 e. The minimum absolute atomic E-state index is 0.0476. The zero-order chi connectivity index (χ0) is 13.7. The van der Waals surface area contributed by atoms with E-state index < -0.39 is 15.4 Å². The van der Waals surface area contributed by atoms with Crippen molar-refractivity contribution in [3.05, 3.63) is 17.5 Å². The molecular weight excluding hydrogens is 254 g/mol. The summed E-state index contributed by atoms with van der Waals surface area (Å²) < 4.78 is 23.6. The molecular formula is C11H17N3O3S. The predicted octanol–water partition coefficient (Wildman–Crippen LogP) is 0.579. The predicted molar refractivity (Wildman–Crippen MR) is 66.2 cm³/mol. The highest BCUT2D eigenvalue weighted by Gasteiger charge is 2.33. The molecule has 1 aliphatic heterocycles. The standard InChI is InChI=1S/C11H17N3O3S/c1-11(2,3)10(15)13-5-8-6-14(18(4,16)17)12-9(8)7-13/h6H,5,7H2,1-4H3. The minimum atomic E-state index is -3.34. The zero-order valence-electron chi connectivity index (χ0n) is 11.0. The van der Waals surface area contributed by atoms with Gasteiger partial charge in [-0.2, -0.15) is 9.19 Å². The van der Waals surface area contributed by atoms with Crippen molar-refractivity contribution in [2.75, 3.05) is 6.26 Å². The van der Waals surface area contributed by atoms with Crippen LogP contribution < -0.4 is 0 Å². The summed E-state index contributed by atoms with van der Waals surface area (Å²) in [7, 11) is -3.34. The number of amides is 1. The third kappa shape index (κ3) is 2.27. The van der Waals surface area contributed by atoms with Crippen LogP contribution in [0.4, 0.5) is 0 Å². The Kier molecular flexibility index (Phi) is 2.77. The van der Waals surface area contributed by atoms with Gasteiger partial charge in [0.2, 0.25) is 5.91 Å². The Labute approximate surface area is 107 Å². The quantitative estimate of drug-likeness (QED) is 0.749. The molecule has 2 rings (SSSR count). The lowest BCUT2D eigenvalue weighted by Crippen LogP contribution is -2.36. The van der Waals surface area contributed by atoms with Crippen molar-refractivity contribution in [1.29, 1.82) is 0 Å². The van der Waals surface area contributed by atoms with Crippen molar-refractivity contribution in [1.82, 2.24) is 14.1 Å². The molecule has 0 aromatic carbocycles. The van der Waals surface area contributed by atoms with Gasteiger partial charge in [-0.1, -0.05) is 20.8 Å².